The summed E-state index contributed by atoms with van der Waals surface area (Å²) in [4.78, 5) is 0. The molecular formula is C4H7ClS2. The predicted octanol–water partition coefficient (Wildman–Crippen LogP) is 2.75. The second-order valence-corrected chi connectivity index (χ2v) is 3.05. The summed E-state index contributed by atoms with van der Waals surface area (Å²) in [5.41, 5.74) is 0. The molecule has 0 spiro atoms. The highest BCUT2D eigenvalue weighted by molar-refractivity contribution is 8.06. The molecule has 0 bridgehead atoms. The molecule has 0 atom stereocenters. The van der Waals surface area contributed by atoms with Gasteiger partial charge in [0.1, 0.15) is 0 Å². The zero-order valence-electron chi connectivity index (χ0n) is 4.27. The second-order valence-electron chi connectivity index (χ2n) is 0.862. The minimum absolute atomic E-state index is 0.854. The van der Waals surface area contributed by atoms with Gasteiger partial charge in [-0.1, -0.05) is 11.6 Å². The smallest absolute Gasteiger partial charge is 0.0795 e. The summed E-state index contributed by atoms with van der Waals surface area (Å²) in [6.45, 7) is 0. The van der Waals surface area contributed by atoms with Gasteiger partial charge in [-0.25, -0.2) is 0 Å². The van der Waals surface area contributed by atoms with Gasteiger partial charge < -0.3 is 0 Å². The first-order chi connectivity index (χ1) is 3.31. The summed E-state index contributed by atoms with van der Waals surface area (Å²) in [6.07, 6.45) is 3.94. The van der Waals surface area contributed by atoms with Crippen LogP contribution in [0.25, 0.3) is 0 Å². The van der Waals surface area contributed by atoms with Crippen molar-refractivity contribution in [2.75, 3.05) is 12.5 Å². The van der Waals surface area contributed by atoms with Crippen LogP contribution in [0.4, 0.5) is 0 Å². The first-order valence-corrected chi connectivity index (χ1v) is 4.62. The Morgan fingerprint density at radius 2 is 2.14 bits per heavy atom. The monoisotopic (exact) mass is 154 g/mol. The molecule has 0 saturated heterocycles. The Morgan fingerprint density at radius 1 is 1.57 bits per heavy atom. The zero-order chi connectivity index (χ0) is 5.70. The molecule has 0 nitrogen and oxygen atoms in total. The Balaban J connectivity index is 3.29. The summed E-state index contributed by atoms with van der Waals surface area (Å²) in [6, 6.07) is 0. The van der Waals surface area contributed by atoms with Crippen molar-refractivity contribution in [2.45, 2.75) is 0 Å². The molecule has 0 aromatic rings. The topological polar surface area (TPSA) is 0 Å². The Labute approximate surface area is 57.7 Å². The van der Waals surface area contributed by atoms with Crippen molar-refractivity contribution in [1.29, 1.82) is 0 Å². The van der Waals surface area contributed by atoms with Gasteiger partial charge in [0.25, 0.3) is 0 Å². The van der Waals surface area contributed by atoms with E-state index in [0.29, 0.717) is 0 Å². The number of hydrogen-bond donors (Lipinski definition) is 0. The maximum absolute atomic E-state index is 5.57. The van der Waals surface area contributed by atoms with Crippen molar-refractivity contribution in [3.63, 3.8) is 0 Å². The van der Waals surface area contributed by atoms with Gasteiger partial charge in [-0.2, -0.15) is 0 Å². The average Bonchev–Trinajstić information content (AvgIpc) is 1.68. The van der Waals surface area contributed by atoms with Gasteiger partial charge in [-0.3, -0.25) is 0 Å². The molecule has 0 aromatic heterocycles. The van der Waals surface area contributed by atoms with E-state index in [4.69, 9.17) is 11.6 Å². The van der Waals surface area contributed by atoms with Crippen molar-refractivity contribution in [2.24, 2.45) is 0 Å². The van der Waals surface area contributed by atoms with E-state index in [0.717, 1.165) is 4.36 Å². The molecular weight excluding hydrogens is 148 g/mol. The molecule has 0 radical (unpaired) electrons. The third-order valence-corrected chi connectivity index (χ3v) is 2.24. The third-order valence-electron chi connectivity index (χ3n) is 0.406. The Bertz CT molecular complexity index is 70.1. The van der Waals surface area contributed by atoms with Crippen molar-refractivity contribution in [1.82, 2.24) is 0 Å². The van der Waals surface area contributed by atoms with E-state index in [1.165, 1.54) is 0 Å². The standard InChI is InChI=1S/C4H7ClS2/c1-6-3-4(5)7-2/h3H,1-2H3. The van der Waals surface area contributed by atoms with Gasteiger partial charge in [0.2, 0.25) is 0 Å². The summed E-state index contributed by atoms with van der Waals surface area (Å²) < 4.78 is 0.854. The van der Waals surface area contributed by atoms with Gasteiger partial charge >= 0.3 is 0 Å². The highest BCUT2D eigenvalue weighted by atomic mass is 35.5. The highest BCUT2D eigenvalue weighted by Gasteiger charge is 1.81. The van der Waals surface area contributed by atoms with Crippen LogP contribution in [0.1, 0.15) is 0 Å². The van der Waals surface area contributed by atoms with E-state index in [2.05, 4.69) is 0 Å². The van der Waals surface area contributed by atoms with Gasteiger partial charge in [-0.05, 0) is 17.9 Å². The fraction of sp³-hybridized carbons (Fsp3) is 0.500. The van der Waals surface area contributed by atoms with E-state index in [-0.39, 0.29) is 0 Å². The maximum Gasteiger partial charge on any atom is 0.0795 e. The molecule has 0 aliphatic rings. The molecule has 0 N–H and O–H groups in total. The van der Waals surface area contributed by atoms with Crippen LogP contribution >= 0.6 is 35.1 Å². The molecule has 0 aliphatic heterocycles. The maximum atomic E-state index is 5.57. The number of rotatable bonds is 2. The molecule has 42 valence electrons. The lowest BCUT2D eigenvalue weighted by molar-refractivity contribution is 2.32. The third kappa shape index (κ3) is 4.59. The van der Waals surface area contributed by atoms with Crippen molar-refractivity contribution < 1.29 is 0 Å². The van der Waals surface area contributed by atoms with Crippen molar-refractivity contribution in [3.05, 3.63) is 9.77 Å². The quantitative estimate of drug-likeness (QED) is 0.600. The minimum Gasteiger partial charge on any atom is -0.135 e. The largest absolute Gasteiger partial charge is 0.135 e. The first kappa shape index (κ1) is 7.73. The molecule has 0 aromatic carbocycles. The van der Waals surface area contributed by atoms with Crippen LogP contribution in [0.2, 0.25) is 0 Å². The first-order valence-electron chi connectivity index (χ1n) is 1.73. The molecule has 3 heteroatoms. The minimum atomic E-state index is 0.854. The molecule has 0 heterocycles. The Morgan fingerprint density at radius 3 is 2.29 bits per heavy atom. The van der Waals surface area contributed by atoms with Crippen molar-refractivity contribution >= 4 is 35.1 Å². The fourth-order valence-electron chi connectivity index (χ4n) is 0.141. The van der Waals surface area contributed by atoms with Crippen LogP contribution in [0.3, 0.4) is 0 Å². The fourth-order valence-corrected chi connectivity index (χ4v) is 1.27. The lowest BCUT2D eigenvalue weighted by atomic mass is 11.2. The number of thioether (sulfide) groups is 2. The van der Waals surface area contributed by atoms with Gasteiger partial charge in [-0.15, -0.1) is 23.5 Å². The van der Waals surface area contributed by atoms with E-state index in [1.807, 2.05) is 17.9 Å². The molecule has 0 rings (SSSR count). The normalized spacial score (nSPS) is 12.1. The molecule has 0 fully saturated rings. The van der Waals surface area contributed by atoms with E-state index in [1.54, 1.807) is 23.5 Å². The predicted molar refractivity (Wildman–Crippen MR) is 41.0 cm³/mol. The number of halogens is 1. The molecule has 7 heavy (non-hydrogen) atoms. The lowest BCUT2D eigenvalue weighted by Gasteiger charge is -1.84. The second kappa shape index (κ2) is 4.88. The molecule has 0 amide bonds. The molecule has 0 aliphatic carbocycles. The zero-order valence-corrected chi connectivity index (χ0v) is 6.66. The summed E-state index contributed by atoms with van der Waals surface area (Å²) in [5.74, 6) is 0. The number of hydrogen-bond acceptors (Lipinski definition) is 2. The molecule has 0 unspecified atom stereocenters. The SMILES string of the molecule is CSC=C(Cl)SC. The van der Waals surface area contributed by atoms with E-state index in [9.17, 15) is 0 Å². The summed E-state index contributed by atoms with van der Waals surface area (Å²) >= 11 is 8.74. The van der Waals surface area contributed by atoms with Gasteiger partial charge in [0.05, 0.1) is 4.36 Å². The van der Waals surface area contributed by atoms with Crippen LogP contribution in [0.5, 0.6) is 0 Å². The van der Waals surface area contributed by atoms with E-state index >= 15 is 0 Å². The van der Waals surface area contributed by atoms with Crippen LogP contribution in [-0.2, 0) is 0 Å². The highest BCUT2D eigenvalue weighted by Crippen LogP contribution is 2.18. The summed E-state index contributed by atoms with van der Waals surface area (Å²) in [7, 11) is 0. The van der Waals surface area contributed by atoms with Gasteiger partial charge in [0.15, 0.2) is 0 Å². The Kier molecular flexibility index (Phi) is 5.39. The van der Waals surface area contributed by atoms with Crippen LogP contribution < -0.4 is 0 Å². The van der Waals surface area contributed by atoms with Crippen LogP contribution in [0.15, 0.2) is 9.77 Å². The average molecular weight is 155 g/mol. The van der Waals surface area contributed by atoms with Crippen molar-refractivity contribution in [3.8, 4) is 0 Å². The van der Waals surface area contributed by atoms with Gasteiger partial charge in [0, 0.05) is 0 Å². The Hall–Kier alpha value is 0.730. The van der Waals surface area contributed by atoms with Crippen LogP contribution in [-0.4, -0.2) is 12.5 Å². The lowest BCUT2D eigenvalue weighted by Crippen LogP contribution is -1.52. The summed E-state index contributed by atoms with van der Waals surface area (Å²) in [5, 5.41) is 1.91. The van der Waals surface area contributed by atoms with E-state index < -0.39 is 0 Å². The molecule has 0 saturated carbocycles. The van der Waals surface area contributed by atoms with Crippen LogP contribution in [0, 0.1) is 0 Å².